The van der Waals surface area contributed by atoms with E-state index in [1.54, 1.807) is 12.3 Å². The Bertz CT molecular complexity index is 998. The third-order valence-electron chi connectivity index (χ3n) is 5.57. The summed E-state index contributed by atoms with van der Waals surface area (Å²) in [6.07, 6.45) is 4.71. The van der Waals surface area contributed by atoms with E-state index in [1.807, 2.05) is 12.4 Å². The molecule has 3 heterocycles. The van der Waals surface area contributed by atoms with Crippen LogP contribution in [0.4, 0.5) is 13.2 Å². The zero-order chi connectivity index (χ0) is 21.1. The van der Waals surface area contributed by atoms with Gasteiger partial charge in [0.1, 0.15) is 5.82 Å². The molecule has 0 radical (unpaired) electrons. The highest BCUT2D eigenvalue weighted by atomic mass is 19.4. The van der Waals surface area contributed by atoms with Crippen LogP contribution in [0.25, 0.3) is 11.3 Å². The molecule has 1 saturated heterocycles. The molecule has 0 amide bonds. The summed E-state index contributed by atoms with van der Waals surface area (Å²) in [7, 11) is 0. The first kappa shape index (κ1) is 20.5. The molecule has 0 bridgehead atoms. The number of aryl methyl sites for hydroxylation is 1. The van der Waals surface area contributed by atoms with Gasteiger partial charge in [0, 0.05) is 43.2 Å². The smallest absolute Gasteiger partial charge is 0.334 e. The van der Waals surface area contributed by atoms with Crippen molar-refractivity contribution >= 4 is 0 Å². The van der Waals surface area contributed by atoms with Crippen LogP contribution in [0.5, 0.6) is 0 Å². The SMILES string of the molecule is CCn1ccnc1CN1CCCC(c2cncc(-c3cccc(C(F)(F)F)c3)n2)C1. The normalized spacial score (nSPS) is 17.9. The fraction of sp³-hybridized carbons (Fsp3) is 0.409. The second kappa shape index (κ2) is 8.55. The molecule has 0 spiro atoms. The number of piperidine rings is 1. The Labute approximate surface area is 173 Å². The molecule has 8 heteroatoms. The minimum atomic E-state index is -4.38. The fourth-order valence-corrected chi connectivity index (χ4v) is 3.99. The molecule has 1 aliphatic heterocycles. The summed E-state index contributed by atoms with van der Waals surface area (Å²) < 4.78 is 41.3. The van der Waals surface area contributed by atoms with E-state index < -0.39 is 11.7 Å². The lowest BCUT2D eigenvalue weighted by Crippen LogP contribution is -2.35. The second-order valence-corrected chi connectivity index (χ2v) is 7.61. The average Bonchev–Trinajstić information content (AvgIpc) is 3.20. The highest BCUT2D eigenvalue weighted by molar-refractivity contribution is 5.59. The van der Waals surface area contributed by atoms with Crippen molar-refractivity contribution in [3.05, 3.63) is 66.1 Å². The van der Waals surface area contributed by atoms with Crippen molar-refractivity contribution in [2.24, 2.45) is 0 Å². The van der Waals surface area contributed by atoms with Crippen molar-refractivity contribution in [2.75, 3.05) is 13.1 Å². The highest BCUT2D eigenvalue weighted by Gasteiger charge is 2.30. The Morgan fingerprint density at radius 1 is 1.20 bits per heavy atom. The van der Waals surface area contributed by atoms with Crippen molar-refractivity contribution in [1.82, 2.24) is 24.4 Å². The lowest BCUT2D eigenvalue weighted by Gasteiger charge is -2.32. The van der Waals surface area contributed by atoms with Gasteiger partial charge in [0.15, 0.2) is 0 Å². The molecule has 1 fully saturated rings. The van der Waals surface area contributed by atoms with Crippen molar-refractivity contribution in [3.8, 4) is 11.3 Å². The van der Waals surface area contributed by atoms with Crippen LogP contribution >= 0.6 is 0 Å². The van der Waals surface area contributed by atoms with Crippen LogP contribution in [-0.4, -0.2) is 37.5 Å². The molecular formula is C22H24F3N5. The number of nitrogens with zero attached hydrogens (tertiary/aromatic N) is 5. The van der Waals surface area contributed by atoms with Gasteiger partial charge in [-0.05, 0) is 38.4 Å². The number of hydrogen-bond acceptors (Lipinski definition) is 4. The van der Waals surface area contributed by atoms with Crippen LogP contribution in [0.15, 0.2) is 49.1 Å². The average molecular weight is 415 g/mol. The number of alkyl halides is 3. The minimum absolute atomic E-state index is 0.196. The van der Waals surface area contributed by atoms with Crippen molar-refractivity contribution in [1.29, 1.82) is 0 Å². The third kappa shape index (κ3) is 4.53. The van der Waals surface area contributed by atoms with E-state index in [1.165, 1.54) is 12.3 Å². The molecule has 1 aromatic carbocycles. The zero-order valence-electron chi connectivity index (χ0n) is 16.8. The van der Waals surface area contributed by atoms with Gasteiger partial charge in [0.2, 0.25) is 0 Å². The quantitative estimate of drug-likeness (QED) is 0.603. The summed E-state index contributed by atoms with van der Waals surface area (Å²) in [6, 6.07) is 5.25. The number of benzene rings is 1. The molecular weight excluding hydrogens is 391 g/mol. The molecule has 5 nitrogen and oxygen atoms in total. The monoisotopic (exact) mass is 415 g/mol. The molecule has 0 aliphatic carbocycles. The lowest BCUT2D eigenvalue weighted by molar-refractivity contribution is -0.137. The van der Waals surface area contributed by atoms with Gasteiger partial charge in [-0.1, -0.05) is 12.1 Å². The number of halogens is 3. The van der Waals surface area contributed by atoms with Crippen molar-refractivity contribution < 1.29 is 13.2 Å². The summed E-state index contributed by atoms with van der Waals surface area (Å²) in [4.78, 5) is 15.8. The van der Waals surface area contributed by atoms with E-state index in [0.717, 1.165) is 62.7 Å². The molecule has 158 valence electrons. The third-order valence-corrected chi connectivity index (χ3v) is 5.57. The van der Waals surface area contributed by atoms with Crippen LogP contribution in [0.2, 0.25) is 0 Å². The maximum atomic E-state index is 13.1. The first-order valence-corrected chi connectivity index (χ1v) is 10.2. The summed E-state index contributed by atoms with van der Waals surface area (Å²) in [5.41, 5.74) is 1.05. The Kier molecular flexibility index (Phi) is 5.85. The molecule has 3 aromatic rings. The van der Waals surface area contributed by atoms with Gasteiger partial charge in [-0.2, -0.15) is 13.2 Å². The van der Waals surface area contributed by atoms with E-state index in [-0.39, 0.29) is 5.92 Å². The molecule has 0 saturated carbocycles. The van der Waals surface area contributed by atoms with Crippen LogP contribution in [0.1, 0.15) is 42.8 Å². The Balaban J connectivity index is 1.52. The Morgan fingerprint density at radius 3 is 2.87 bits per heavy atom. The van der Waals surface area contributed by atoms with Crippen LogP contribution in [-0.2, 0) is 19.3 Å². The minimum Gasteiger partial charge on any atom is -0.334 e. The highest BCUT2D eigenvalue weighted by Crippen LogP contribution is 2.32. The largest absolute Gasteiger partial charge is 0.416 e. The summed E-state index contributed by atoms with van der Waals surface area (Å²) in [5, 5.41) is 0. The first-order chi connectivity index (χ1) is 14.4. The van der Waals surface area contributed by atoms with Gasteiger partial charge in [0.05, 0.1) is 29.7 Å². The zero-order valence-corrected chi connectivity index (χ0v) is 16.8. The van der Waals surface area contributed by atoms with E-state index in [0.29, 0.717) is 11.3 Å². The molecule has 30 heavy (non-hydrogen) atoms. The summed E-state index contributed by atoms with van der Waals surface area (Å²) >= 11 is 0. The van der Waals surface area contributed by atoms with Gasteiger partial charge in [-0.3, -0.25) is 9.88 Å². The Morgan fingerprint density at radius 2 is 2.07 bits per heavy atom. The first-order valence-electron chi connectivity index (χ1n) is 10.2. The van der Waals surface area contributed by atoms with Crippen molar-refractivity contribution in [3.63, 3.8) is 0 Å². The van der Waals surface area contributed by atoms with E-state index >= 15 is 0 Å². The number of likely N-dealkylation sites (tertiary alicyclic amines) is 1. The molecule has 0 N–H and O–H groups in total. The molecule has 2 aromatic heterocycles. The number of rotatable bonds is 5. The topological polar surface area (TPSA) is 46.8 Å². The van der Waals surface area contributed by atoms with E-state index in [9.17, 15) is 13.2 Å². The molecule has 1 unspecified atom stereocenters. The van der Waals surface area contributed by atoms with Crippen LogP contribution in [0.3, 0.4) is 0 Å². The lowest BCUT2D eigenvalue weighted by atomic mass is 9.94. The number of hydrogen-bond donors (Lipinski definition) is 0. The predicted molar refractivity (Wildman–Crippen MR) is 108 cm³/mol. The van der Waals surface area contributed by atoms with Gasteiger partial charge >= 0.3 is 6.18 Å². The number of aromatic nitrogens is 4. The molecule has 1 atom stereocenters. The molecule has 4 rings (SSSR count). The summed E-state index contributed by atoms with van der Waals surface area (Å²) in [6.45, 7) is 5.58. The van der Waals surface area contributed by atoms with E-state index in [2.05, 4.69) is 31.3 Å². The van der Waals surface area contributed by atoms with Gasteiger partial charge < -0.3 is 4.57 Å². The predicted octanol–water partition coefficient (Wildman–Crippen LogP) is 4.76. The number of imidazole rings is 1. The van der Waals surface area contributed by atoms with Crippen LogP contribution < -0.4 is 0 Å². The maximum absolute atomic E-state index is 13.1. The maximum Gasteiger partial charge on any atom is 0.416 e. The molecule has 1 aliphatic rings. The standard InChI is InChI=1S/C22H24F3N5/c1-2-30-10-8-27-21(30)15-29-9-4-6-17(14-29)20-13-26-12-19(28-20)16-5-3-7-18(11-16)22(23,24)25/h3,5,7-8,10-13,17H,2,4,6,9,14-15H2,1H3. The van der Waals surface area contributed by atoms with Crippen molar-refractivity contribution in [2.45, 2.75) is 44.9 Å². The van der Waals surface area contributed by atoms with Gasteiger partial charge in [-0.25, -0.2) is 9.97 Å². The van der Waals surface area contributed by atoms with Crippen LogP contribution in [0, 0.1) is 0 Å². The van der Waals surface area contributed by atoms with Gasteiger partial charge in [-0.15, -0.1) is 0 Å². The van der Waals surface area contributed by atoms with E-state index in [4.69, 9.17) is 0 Å². The van der Waals surface area contributed by atoms with Gasteiger partial charge in [0.25, 0.3) is 0 Å². The fourth-order valence-electron chi connectivity index (χ4n) is 3.99. The summed E-state index contributed by atoms with van der Waals surface area (Å²) in [5.74, 6) is 1.24. The Hall–Kier alpha value is -2.74. The second-order valence-electron chi connectivity index (χ2n) is 7.61.